The van der Waals surface area contributed by atoms with E-state index in [0.29, 0.717) is 11.3 Å². The van der Waals surface area contributed by atoms with E-state index >= 15 is 0 Å². The fourth-order valence-corrected chi connectivity index (χ4v) is 2.27. The molecule has 0 fully saturated rings. The Hall–Kier alpha value is -1.20. The van der Waals surface area contributed by atoms with E-state index in [1.807, 2.05) is 19.9 Å². The van der Waals surface area contributed by atoms with Gasteiger partial charge in [-0.1, -0.05) is 6.07 Å². The highest BCUT2D eigenvalue weighted by atomic mass is 79.9. The summed E-state index contributed by atoms with van der Waals surface area (Å²) in [5, 5.41) is 4.41. The van der Waals surface area contributed by atoms with Crippen LogP contribution in [-0.2, 0) is 0 Å². The van der Waals surface area contributed by atoms with Crippen LogP contribution in [0.1, 0.15) is 29.9 Å². The molecule has 1 atom stereocenters. The van der Waals surface area contributed by atoms with Gasteiger partial charge in [-0.2, -0.15) is 5.10 Å². The van der Waals surface area contributed by atoms with Gasteiger partial charge in [0.15, 0.2) is 0 Å². The van der Waals surface area contributed by atoms with E-state index in [2.05, 4.69) is 21.0 Å². The third kappa shape index (κ3) is 2.08. The number of benzene rings is 1. The molecule has 1 unspecified atom stereocenters. The van der Waals surface area contributed by atoms with Crippen molar-refractivity contribution >= 4 is 15.9 Å². The second-order valence-corrected chi connectivity index (χ2v) is 5.15. The van der Waals surface area contributed by atoms with Crippen LogP contribution in [0.4, 0.5) is 4.39 Å². The summed E-state index contributed by atoms with van der Waals surface area (Å²) in [5.41, 5.74) is 8.83. The van der Waals surface area contributed by atoms with Crippen molar-refractivity contribution < 1.29 is 4.39 Å². The minimum atomic E-state index is -0.385. The molecule has 0 radical (unpaired) electrons. The van der Waals surface area contributed by atoms with E-state index in [0.717, 1.165) is 15.9 Å². The zero-order valence-corrected chi connectivity index (χ0v) is 12.1. The van der Waals surface area contributed by atoms with Crippen molar-refractivity contribution in [3.8, 4) is 5.69 Å². The predicted molar refractivity (Wildman–Crippen MR) is 73.3 cm³/mol. The van der Waals surface area contributed by atoms with Gasteiger partial charge in [0.05, 0.1) is 21.5 Å². The van der Waals surface area contributed by atoms with Gasteiger partial charge in [-0.25, -0.2) is 9.07 Å². The molecule has 0 saturated carbocycles. The largest absolute Gasteiger partial charge is 0.324 e. The maximum atomic E-state index is 13.9. The Kier molecular flexibility index (Phi) is 3.54. The first-order chi connectivity index (χ1) is 8.43. The fourth-order valence-electron chi connectivity index (χ4n) is 2.02. The fraction of sp³-hybridized carbons (Fsp3) is 0.308. The Morgan fingerprint density at radius 2 is 2.06 bits per heavy atom. The van der Waals surface area contributed by atoms with Crippen LogP contribution < -0.4 is 5.73 Å². The monoisotopic (exact) mass is 311 g/mol. The van der Waals surface area contributed by atoms with Crippen LogP contribution in [0.5, 0.6) is 0 Å². The number of aryl methyl sites for hydroxylation is 1. The van der Waals surface area contributed by atoms with E-state index in [-0.39, 0.29) is 11.9 Å². The number of aromatic nitrogens is 2. The molecule has 0 aliphatic heterocycles. The first-order valence-electron chi connectivity index (χ1n) is 5.69. The first kappa shape index (κ1) is 13.2. The number of hydrogen-bond acceptors (Lipinski definition) is 2. The minimum Gasteiger partial charge on any atom is -0.324 e. The molecule has 1 aromatic carbocycles. The molecule has 0 bridgehead atoms. The third-order valence-corrected chi connectivity index (χ3v) is 4.06. The molecule has 0 aliphatic carbocycles. The van der Waals surface area contributed by atoms with E-state index in [1.165, 1.54) is 6.07 Å². The van der Waals surface area contributed by atoms with Crippen LogP contribution in [0.2, 0.25) is 0 Å². The van der Waals surface area contributed by atoms with Crippen molar-refractivity contribution in [1.29, 1.82) is 0 Å². The summed E-state index contributed by atoms with van der Waals surface area (Å²) in [4.78, 5) is 0. The van der Waals surface area contributed by atoms with Gasteiger partial charge in [0.1, 0.15) is 5.82 Å². The molecule has 3 nitrogen and oxygen atoms in total. The van der Waals surface area contributed by atoms with Gasteiger partial charge in [0, 0.05) is 11.6 Å². The SMILES string of the molecule is Cc1nn(-c2cccc(F)c2C(C)N)c(C)c1Br. The lowest BCUT2D eigenvalue weighted by atomic mass is 10.1. The lowest BCUT2D eigenvalue weighted by Crippen LogP contribution is -2.13. The molecule has 96 valence electrons. The quantitative estimate of drug-likeness (QED) is 0.923. The Morgan fingerprint density at radius 3 is 2.56 bits per heavy atom. The standard InChI is InChI=1S/C13H15BrFN3/c1-7(16)12-10(15)5-4-6-11(12)18-9(3)13(14)8(2)17-18/h4-7H,16H2,1-3H3. The lowest BCUT2D eigenvalue weighted by Gasteiger charge is -2.14. The molecule has 5 heteroatoms. The van der Waals surface area contributed by atoms with Crippen molar-refractivity contribution in [2.24, 2.45) is 5.73 Å². The van der Waals surface area contributed by atoms with Gasteiger partial charge in [-0.15, -0.1) is 0 Å². The number of rotatable bonds is 2. The Morgan fingerprint density at radius 1 is 1.39 bits per heavy atom. The molecule has 0 aliphatic rings. The van der Waals surface area contributed by atoms with E-state index in [4.69, 9.17) is 5.73 Å². The summed E-state index contributed by atoms with van der Waals surface area (Å²) < 4.78 is 16.5. The van der Waals surface area contributed by atoms with Gasteiger partial charge >= 0.3 is 0 Å². The molecule has 0 spiro atoms. The van der Waals surface area contributed by atoms with Crippen LogP contribution in [0.3, 0.4) is 0 Å². The molecule has 0 amide bonds. The van der Waals surface area contributed by atoms with Gasteiger partial charge in [0.25, 0.3) is 0 Å². The van der Waals surface area contributed by atoms with Crippen molar-refractivity contribution in [2.75, 3.05) is 0 Å². The summed E-state index contributed by atoms with van der Waals surface area (Å²) in [5.74, 6) is -0.300. The highest BCUT2D eigenvalue weighted by Crippen LogP contribution is 2.28. The van der Waals surface area contributed by atoms with E-state index in [9.17, 15) is 4.39 Å². The normalized spacial score (nSPS) is 12.8. The summed E-state index contributed by atoms with van der Waals surface area (Å²) in [7, 11) is 0. The summed E-state index contributed by atoms with van der Waals surface area (Å²) >= 11 is 3.47. The highest BCUT2D eigenvalue weighted by molar-refractivity contribution is 9.10. The first-order valence-corrected chi connectivity index (χ1v) is 6.49. The van der Waals surface area contributed by atoms with Crippen LogP contribution in [0.15, 0.2) is 22.7 Å². The maximum Gasteiger partial charge on any atom is 0.130 e. The van der Waals surface area contributed by atoms with Crippen molar-refractivity contribution in [1.82, 2.24) is 9.78 Å². The van der Waals surface area contributed by atoms with Gasteiger partial charge < -0.3 is 5.73 Å². The van der Waals surface area contributed by atoms with Crippen LogP contribution in [0.25, 0.3) is 5.69 Å². The molecular weight excluding hydrogens is 297 g/mol. The maximum absolute atomic E-state index is 13.9. The van der Waals surface area contributed by atoms with Crippen LogP contribution in [-0.4, -0.2) is 9.78 Å². The molecule has 2 rings (SSSR count). The minimum absolute atomic E-state index is 0.300. The van der Waals surface area contributed by atoms with Gasteiger partial charge in [0.2, 0.25) is 0 Å². The van der Waals surface area contributed by atoms with Crippen LogP contribution in [0, 0.1) is 19.7 Å². The molecule has 1 heterocycles. The van der Waals surface area contributed by atoms with Gasteiger partial charge in [-0.3, -0.25) is 0 Å². The average molecular weight is 312 g/mol. The second kappa shape index (κ2) is 4.82. The van der Waals surface area contributed by atoms with E-state index in [1.54, 1.807) is 17.7 Å². The van der Waals surface area contributed by atoms with Crippen molar-refractivity contribution in [3.05, 3.63) is 45.4 Å². The van der Waals surface area contributed by atoms with E-state index < -0.39 is 0 Å². The van der Waals surface area contributed by atoms with Crippen molar-refractivity contribution in [2.45, 2.75) is 26.8 Å². The van der Waals surface area contributed by atoms with Gasteiger partial charge in [-0.05, 0) is 48.8 Å². The zero-order chi connectivity index (χ0) is 13.4. The molecule has 2 aromatic rings. The average Bonchev–Trinajstić information content (AvgIpc) is 2.56. The Labute approximate surface area is 114 Å². The molecule has 18 heavy (non-hydrogen) atoms. The topological polar surface area (TPSA) is 43.8 Å². The number of nitrogens with two attached hydrogens (primary N) is 1. The Balaban J connectivity index is 2.71. The number of hydrogen-bond donors (Lipinski definition) is 1. The lowest BCUT2D eigenvalue weighted by molar-refractivity contribution is 0.588. The molecule has 0 saturated heterocycles. The smallest absolute Gasteiger partial charge is 0.130 e. The number of halogens is 2. The third-order valence-electron chi connectivity index (χ3n) is 2.92. The summed E-state index contributed by atoms with van der Waals surface area (Å²) in [6.07, 6.45) is 0. The number of nitrogens with zero attached hydrogens (tertiary/aromatic N) is 2. The summed E-state index contributed by atoms with van der Waals surface area (Å²) in [6, 6.07) is 4.53. The molecule has 2 N–H and O–H groups in total. The molecular formula is C13H15BrFN3. The second-order valence-electron chi connectivity index (χ2n) is 4.36. The zero-order valence-electron chi connectivity index (χ0n) is 10.5. The van der Waals surface area contributed by atoms with Crippen molar-refractivity contribution in [3.63, 3.8) is 0 Å². The Bertz CT molecular complexity index is 590. The molecule has 1 aromatic heterocycles. The highest BCUT2D eigenvalue weighted by Gasteiger charge is 2.17. The van der Waals surface area contributed by atoms with Crippen LogP contribution >= 0.6 is 15.9 Å². The predicted octanol–water partition coefficient (Wildman–Crippen LogP) is 3.41. The summed E-state index contributed by atoms with van der Waals surface area (Å²) in [6.45, 7) is 5.60.